The first kappa shape index (κ1) is 14.8. The van der Waals surface area contributed by atoms with Gasteiger partial charge in [0.15, 0.2) is 0 Å². The molecular weight excluding hydrogens is 282 g/mol. The van der Waals surface area contributed by atoms with Crippen molar-refractivity contribution in [3.63, 3.8) is 0 Å². The van der Waals surface area contributed by atoms with Crippen LogP contribution in [-0.2, 0) is 16.5 Å². The van der Waals surface area contributed by atoms with E-state index in [9.17, 15) is 4.79 Å². The molecule has 0 aromatic carbocycles. The minimum Gasteiger partial charge on any atom is -0.459 e. The number of aromatic nitrogens is 3. The summed E-state index contributed by atoms with van der Waals surface area (Å²) in [6.45, 7) is 0. The van der Waals surface area contributed by atoms with Crippen LogP contribution >= 0.6 is 0 Å². The number of hydrogen-bond acceptors (Lipinski definition) is 4. The molecule has 6 heteroatoms. The Morgan fingerprint density at radius 2 is 2.00 bits per heavy atom. The van der Waals surface area contributed by atoms with Crippen LogP contribution in [0.15, 0.2) is 30.7 Å². The van der Waals surface area contributed by atoms with Gasteiger partial charge in [-0.15, -0.1) is 0 Å². The maximum Gasteiger partial charge on any atom is 0.343 e. The van der Waals surface area contributed by atoms with E-state index in [1.54, 1.807) is 18.0 Å². The predicted molar refractivity (Wildman–Crippen MR) is 81.0 cm³/mol. The van der Waals surface area contributed by atoms with Crippen LogP contribution in [0.1, 0.15) is 36.0 Å². The van der Waals surface area contributed by atoms with Crippen molar-refractivity contribution in [1.82, 2.24) is 14.3 Å². The Balaban J connectivity index is 1.76. The second-order valence-electron chi connectivity index (χ2n) is 5.65. The minimum absolute atomic E-state index is 0.0797. The van der Waals surface area contributed by atoms with Gasteiger partial charge in [0.05, 0.1) is 12.3 Å². The van der Waals surface area contributed by atoms with Gasteiger partial charge in [0, 0.05) is 33.0 Å². The average molecular weight is 303 g/mol. The second kappa shape index (κ2) is 6.36. The summed E-state index contributed by atoms with van der Waals surface area (Å²) in [6.07, 6.45) is 9.15. The van der Waals surface area contributed by atoms with E-state index in [-0.39, 0.29) is 18.2 Å². The van der Waals surface area contributed by atoms with Crippen LogP contribution in [0.4, 0.5) is 0 Å². The van der Waals surface area contributed by atoms with Crippen molar-refractivity contribution < 1.29 is 14.3 Å². The van der Waals surface area contributed by atoms with Crippen LogP contribution in [0.5, 0.6) is 0 Å². The van der Waals surface area contributed by atoms with Gasteiger partial charge < -0.3 is 14.0 Å². The number of methoxy groups -OCH3 is 1. The smallest absolute Gasteiger partial charge is 0.343 e. The fourth-order valence-corrected chi connectivity index (χ4v) is 3.00. The molecule has 0 radical (unpaired) electrons. The van der Waals surface area contributed by atoms with E-state index in [2.05, 4.69) is 5.10 Å². The largest absolute Gasteiger partial charge is 0.459 e. The Labute approximate surface area is 129 Å². The summed E-state index contributed by atoms with van der Waals surface area (Å²) in [5.41, 5.74) is 0.484. The van der Waals surface area contributed by atoms with Gasteiger partial charge in [-0.25, -0.2) is 4.79 Å². The third kappa shape index (κ3) is 2.92. The van der Waals surface area contributed by atoms with Crippen molar-refractivity contribution in [2.75, 3.05) is 7.11 Å². The van der Waals surface area contributed by atoms with Gasteiger partial charge in [-0.1, -0.05) is 0 Å². The van der Waals surface area contributed by atoms with Gasteiger partial charge in [0.25, 0.3) is 0 Å². The zero-order valence-electron chi connectivity index (χ0n) is 12.9. The first-order chi connectivity index (χ1) is 10.7. The van der Waals surface area contributed by atoms with Crippen LogP contribution in [0.25, 0.3) is 5.82 Å². The number of hydrogen-bond donors (Lipinski definition) is 0. The lowest BCUT2D eigenvalue weighted by atomic mass is 9.95. The number of carbonyl (C=O) groups excluding carboxylic acids is 1. The Kier molecular flexibility index (Phi) is 4.29. The van der Waals surface area contributed by atoms with Gasteiger partial charge >= 0.3 is 5.97 Å². The first-order valence-electron chi connectivity index (χ1n) is 7.58. The molecule has 0 spiro atoms. The fraction of sp³-hybridized carbons (Fsp3) is 0.500. The van der Waals surface area contributed by atoms with Crippen LogP contribution in [0, 0.1) is 0 Å². The van der Waals surface area contributed by atoms with Crippen molar-refractivity contribution in [2.45, 2.75) is 37.9 Å². The van der Waals surface area contributed by atoms with Crippen molar-refractivity contribution in [3.8, 4) is 5.82 Å². The maximum absolute atomic E-state index is 12.5. The molecule has 6 nitrogen and oxygen atoms in total. The SMILES string of the molecule is CO[C@@H]1CCC[C@H](OC(=O)c2cnn(C)c2-n2cccc2)C1. The molecule has 1 fully saturated rings. The number of nitrogens with zero attached hydrogens (tertiary/aromatic N) is 3. The van der Waals surface area contributed by atoms with E-state index in [4.69, 9.17) is 9.47 Å². The number of rotatable bonds is 4. The van der Waals surface area contributed by atoms with Gasteiger partial charge in [0.1, 0.15) is 17.5 Å². The molecule has 1 saturated carbocycles. The van der Waals surface area contributed by atoms with E-state index >= 15 is 0 Å². The third-order valence-corrected chi connectivity index (χ3v) is 4.16. The highest BCUT2D eigenvalue weighted by molar-refractivity contribution is 5.92. The summed E-state index contributed by atoms with van der Waals surface area (Å²) in [4.78, 5) is 12.5. The molecule has 1 aliphatic carbocycles. The number of aryl methyl sites for hydroxylation is 1. The lowest BCUT2D eigenvalue weighted by Crippen LogP contribution is -2.29. The molecule has 118 valence electrons. The Hall–Kier alpha value is -2.08. The normalized spacial score (nSPS) is 21.7. The average Bonchev–Trinajstić information content (AvgIpc) is 3.16. The molecule has 2 aromatic rings. The van der Waals surface area contributed by atoms with Crippen molar-refractivity contribution in [3.05, 3.63) is 36.3 Å². The lowest BCUT2D eigenvalue weighted by molar-refractivity contribution is -0.0149. The molecule has 3 rings (SSSR count). The van der Waals surface area contributed by atoms with E-state index in [0.717, 1.165) is 25.7 Å². The number of carbonyl (C=O) groups is 1. The summed E-state index contributed by atoms with van der Waals surface area (Å²) >= 11 is 0. The Bertz CT molecular complexity index is 633. The summed E-state index contributed by atoms with van der Waals surface area (Å²) in [5.74, 6) is 0.396. The zero-order valence-corrected chi connectivity index (χ0v) is 12.9. The predicted octanol–water partition coefficient (Wildman–Crippen LogP) is 2.33. The van der Waals surface area contributed by atoms with E-state index in [1.165, 1.54) is 0 Å². The summed E-state index contributed by atoms with van der Waals surface area (Å²) in [6, 6.07) is 3.82. The highest BCUT2D eigenvalue weighted by Crippen LogP contribution is 2.25. The van der Waals surface area contributed by atoms with E-state index in [0.29, 0.717) is 11.4 Å². The summed E-state index contributed by atoms with van der Waals surface area (Å²) in [5, 5.41) is 4.19. The van der Waals surface area contributed by atoms with Gasteiger partial charge in [-0.3, -0.25) is 4.68 Å². The summed E-state index contributed by atoms with van der Waals surface area (Å²) < 4.78 is 14.6. The highest BCUT2D eigenvalue weighted by Gasteiger charge is 2.27. The summed E-state index contributed by atoms with van der Waals surface area (Å²) in [7, 11) is 3.52. The van der Waals surface area contributed by atoms with Crippen molar-refractivity contribution >= 4 is 5.97 Å². The Morgan fingerprint density at radius 3 is 2.73 bits per heavy atom. The fourth-order valence-electron chi connectivity index (χ4n) is 3.00. The molecule has 22 heavy (non-hydrogen) atoms. The topological polar surface area (TPSA) is 58.3 Å². The lowest BCUT2D eigenvalue weighted by Gasteiger charge is -2.27. The molecule has 0 bridgehead atoms. The van der Waals surface area contributed by atoms with Crippen LogP contribution in [0.2, 0.25) is 0 Å². The first-order valence-corrected chi connectivity index (χ1v) is 7.58. The maximum atomic E-state index is 12.5. The molecule has 1 aliphatic rings. The number of esters is 1. The van der Waals surface area contributed by atoms with Gasteiger partial charge in [0.2, 0.25) is 0 Å². The number of ether oxygens (including phenoxy) is 2. The standard InChI is InChI=1S/C16H21N3O3/c1-18-15(19-8-3-4-9-19)14(11-17-18)16(20)22-13-7-5-6-12(10-13)21-2/h3-4,8-9,11-13H,5-7,10H2,1-2H3/t12-,13+/m1/s1. The Morgan fingerprint density at radius 1 is 1.27 bits per heavy atom. The van der Waals surface area contributed by atoms with Crippen LogP contribution < -0.4 is 0 Å². The molecule has 0 saturated heterocycles. The van der Waals surface area contributed by atoms with Crippen molar-refractivity contribution in [1.29, 1.82) is 0 Å². The molecule has 2 aromatic heterocycles. The molecule has 2 heterocycles. The van der Waals surface area contributed by atoms with Gasteiger partial charge in [-0.2, -0.15) is 5.10 Å². The monoisotopic (exact) mass is 303 g/mol. The molecule has 2 atom stereocenters. The molecular formula is C16H21N3O3. The molecule has 0 N–H and O–H groups in total. The molecule has 0 unspecified atom stereocenters. The third-order valence-electron chi connectivity index (χ3n) is 4.16. The second-order valence-corrected chi connectivity index (χ2v) is 5.65. The molecule has 0 amide bonds. The van der Waals surface area contributed by atoms with E-state index in [1.807, 2.05) is 36.1 Å². The van der Waals surface area contributed by atoms with Gasteiger partial charge in [-0.05, 0) is 31.4 Å². The highest BCUT2D eigenvalue weighted by atomic mass is 16.5. The quantitative estimate of drug-likeness (QED) is 0.813. The molecule has 0 aliphatic heterocycles. The van der Waals surface area contributed by atoms with Crippen LogP contribution in [0.3, 0.4) is 0 Å². The minimum atomic E-state index is -0.321. The van der Waals surface area contributed by atoms with Crippen molar-refractivity contribution in [2.24, 2.45) is 7.05 Å². The van der Waals surface area contributed by atoms with E-state index < -0.39 is 0 Å². The zero-order chi connectivity index (χ0) is 15.5. The van der Waals surface area contributed by atoms with Crippen LogP contribution in [-0.4, -0.2) is 39.6 Å².